The van der Waals surface area contributed by atoms with Gasteiger partial charge in [-0.2, -0.15) is 0 Å². The topological polar surface area (TPSA) is 46.6 Å². The van der Waals surface area contributed by atoms with E-state index in [0.717, 1.165) is 16.4 Å². The molecule has 0 aromatic heterocycles. The molecule has 0 radical (unpaired) electrons. The standard InChI is InChI=1S/C10H10FNO3S/c1-12-6-9(15-2)8-5-7(11)3-4-10(8)16(12,13)14/h3-6H,1-2H3. The van der Waals surface area contributed by atoms with Gasteiger partial charge < -0.3 is 4.74 Å². The number of rotatable bonds is 1. The maximum Gasteiger partial charge on any atom is 0.264 e. The lowest BCUT2D eigenvalue weighted by molar-refractivity contribution is 0.360. The van der Waals surface area contributed by atoms with Crippen LogP contribution in [0.3, 0.4) is 0 Å². The van der Waals surface area contributed by atoms with Gasteiger partial charge in [-0.15, -0.1) is 0 Å². The second kappa shape index (κ2) is 3.48. The van der Waals surface area contributed by atoms with Crippen molar-refractivity contribution >= 4 is 15.8 Å². The Labute approximate surface area is 93.0 Å². The van der Waals surface area contributed by atoms with Gasteiger partial charge in [0.1, 0.15) is 11.6 Å². The normalized spacial score (nSPS) is 17.7. The lowest BCUT2D eigenvalue weighted by Crippen LogP contribution is -2.26. The summed E-state index contributed by atoms with van der Waals surface area (Å²) in [5, 5.41) is 0. The van der Waals surface area contributed by atoms with Crippen LogP contribution in [0.25, 0.3) is 5.76 Å². The zero-order valence-electron chi connectivity index (χ0n) is 8.77. The Hall–Kier alpha value is -1.56. The predicted molar refractivity (Wildman–Crippen MR) is 56.3 cm³/mol. The Bertz CT molecular complexity index is 565. The molecule has 0 unspecified atom stereocenters. The zero-order valence-corrected chi connectivity index (χ0v) is 9.58. The molecule has 1 heterocycles. The first kappa shape index (κ1) is 10.9. The van der Waals surface area contributed by atoms with Crippen LogP contribution in [0, 0.1) is 5.82 Å². The molecule has 0 bridgehead atoms. The number of hydrogen-bond acceptors (Lipinski definition) is 3. The van der Waals surface area contributed by atoms with E-state index in [1.807, 2.05) is 0 Å². The fourth-order valence-electron chi connectivity index (χ4n) is 1.54. The van der Waals surface area contributed by atoms with Gasteiger partial charge in [0, 0.05) is 12.6 Å². The molecule has 0 aliphatic carbocycles. The number of hydrogen-bond donors (Lipinski definition) is 0. The summed E-state index contributed by atoms with van der Waals surface area (Å²) in [5.74, 6) is -0.173. The Morgan fingerprint density at radius 2 is 2.06 bits per heavy atom. The van der Waals surface area contributed by atoms with Crippen LogP contribution >= 0.6 is 0 Å². The van der Waals surface area contributed by atoms with E-state index >= 15 is 0 Å². The van der Waals surface area contributed by atoms with Crippen LogP contribution in [0.4, 0.5) is 4.39 Å². The summed E-state index contributed by atoms with van der Waals surface area (Å²) in [7, 11) is -0.758. The van der Waals surface area contributed by atoms with Gasteiger partial charge in [0.15, 0.2) is 0 Å². The van der Waals surface area contributed by atoms with E-state index < -0.39 is 15.8 Å². The van der Waals surface area contributed by atoms with Crippen molar-refractivity contribution in [3.8, 4) is 0 Å². The van der Waals surface area contributed by atoms with Gasteiger partial charge in [-0.05, 0) is 18.2 Å². The highest BCUT2D eigenvalue weighted by molar-refractivity contribution is 7.89. The first-order valence-corrected chi connectivity index (χ1v) is 5.94. The lowest BCUT2D eigenvalue weighted by Gasteiger charge is -2.24. The third-order valence-electron chi connectivity index (χ3n) is 2.38. The van der Waals surface area contributed by atoms with E-state index in [4.69, 9.17) is 4.74 Å². The van der Waals surface area contributed by atoms with E-state index in [1.165, 1.54) is 26.4 Å². The summed E-state index contributed by atoms with van der Waals surface area (Å²) in [6.45, 7) is 0. The average molecular weight is 243 g/mol. The molecule has 1 aromatic rings. The van der Waals surface area contributed by atoms with Gasteiger partial charge in [-0.25, -0.2) is 12.8 Å². The molecular formula is C10H10FNO3S. The number of fused-ring (bicyclic) bond motifs is 1. The fraction of sp³-hybridized carbons (Fsp3) is 0.200. The van der Waals surface area contributed by atoms with Crippen molar-refractivity contribution in [1.29, 1.82) is 0 Å². The van der Waals surface area contributed by atoms with Gasteiger partial charge in [-0.1, -0.05) is 0 Å². The minimum absolute atomic E-state index is 0.0516. The fourth-order valence-corrected chi connectivity index (χ4v) is 2.76. The summed E-state index contributed by atoms with van der Waals surface area (Å²) in [5.41, 5.74) is 0.251. The molecule has 6 heteroatoms. The molecule has 0 saturated heterocycles. The monoisotopic (exact) mass is 243 g/mol. The molecule has 0 spiro atoms. The zero-order chi connectivity index (χ0) is 11.9. The van der Waals surface area contributed by atoms with Gasteiger partial charge in [0.25, 0.3) is 10.0 Å². The SMILES string of the molecule is COC1=CN(C)S(=O)(=O)c2ccc(F)cc21. The number of benzene rings is 1. The molecule has 0 amide bonds. The molecule has 1 aliphatic rings. The summed E-state index contributed by atoms with van der Waals surface area (Å²) in [6, 6.07) is 3.50. The van der Waals surface area contributed by atoms with Crippen molar-refractivity contribution in [2.45, 2.75) is 4.90 Å². The van der Waals surface area contributed by atoms with E-state index in [1.54, 1.807) is 0 Å². The smallest absolute Gasteiger partial charge is 0.264 e. The second-order valence-electron chi connectivity index (χ2n) is 3.36. The van der Waals surface area contributed by atoms with Crippen LogP contribution in [-0.4, -0.2) is 26.9 Å². The van der Waals surface area contributed by atoms with Crippen LogP contribution in [0.2, 0.25) is 0 Å². The largest absolute Gasteiger partial charge is 0.495 e. The van der Waals surface area contributed by atoms with Crippen molar-refractivity contribution in [2.75, 3.05) is 14.2 Å². The third kappa shape index (κ3) is 1.46. The Kier molecular flexibility index (Phi) is 2.38. The molecule has 1 aromatic carbocycles. The third-order valence-corrected chi connectivity index (χ3v) is 4.16. The van der Waals surface area contributed by atoms with Crippen LogP contribution in [0.1, 0.15) is 5.56 Å². The van der Waals surface area contributed by atoms with Crippen molar-refractivity contribution in [2.24, 2.45) is 0 Å². The first-order chi connectivity index (χ1) is 7.46. The molecule has 1 aliphatic heterocycles. The number of methoxy groups -OCH3 is 1. The van der Waals surface area contributed by atoms with E-state index in [9.17, 15) is 12.8 Å². The van der Waals surface area contributed by atoms with Crippen molar-refractivity contribution in [3.05, 3.63) is 35.8 Å². The highest BCUT2D eigenvalue weighted by atomic mass is 32.2. The number of sulfonamides is 1. The predicted octanol–water partition coefficient (Wildman–Crippen LogP) is 1.40. The number of halogens is 1. The molecular weight excluding hydrogens is 233 g/mol. The number of ether oxygens (including phenoxy) is 1. The summed E-state index contributed by atoms with van der Waals surface area (Å²) in [6.07, 6.45) is 1.32. The van der Waals surface area contributed by atoms with Crippen LogP contribution < -0.4 is 0 Å². The van der Waals surface area contributed by atoms with Gasteiger partial charge >= 0.3 is 0 Å². The summed E-state index contributed by atoms with van der Waals surface area (Å²) >= 11 is 0. The Balaban J connectivity index is 2.76. The van der Waals surface area contributed by atoms with Gasteiger partial charge in [0.2, 0.25) is 0 Å². The van der Waals surface area contributed by atoms with Crippen molar-refractivity contribution in [3.63, 3.8) is 0 Å². The van der Waals surface area contributed by atoms with E-state index in [2.05, 4.69) is 0 Å². The maximum atomic E-state index is 13.1. The molecule has 0 fully saturated rings. The average Bonchev–Trinajstić information content (AvgIpc) is 2.23. The molecule has 4 nitrogen and oxygen atoms in total. The maximum absolute atomic E-state index is 13.1. The summed E-state index contributed by atoms with van der Waals surface area (Å²) < 4.78 is 42.9. The molecule has 86 valence electrons. The minimum atomic E-state index is -3.57. The second-order valence-corrected chi connectivity index (χ2v) is 5.33. The lowest BCUT2D eigenvalue weighted by atomic mass is 10.2. The highest BCUT2D eigenvalue weighted by Crippen LogP contribution is 2.31. The summed E-state index contributed by atoms with van der Waals surface area (Å²) in [4.78, 5) is 0.0516. The minimum Gasteiger partial charge on any atom is -0.495 e. The highest BCUT2D eigenvalue weighted by Gasteiger charge is 2.29. The van der Waals surface area contributed by atoms with E-state index in [0.29, 0.717) is 5.76 Å². The molecule has 16 heavy (non-hydrogen) atoms. The molecule has 2 rings (SSSR count). The van der Waals surface area contributed by atoms with Crippen molar-refractivity contribution in [1.82, 2.24) is 4.31 Å². The van der Waals surface area contributed by atoms with Gasteiger partial charge in [-0.3, -0.25) is 4.31 Å². The molecule has 0 atom stereocenters. The van der Waals surface area contributed by atoms with Gasteiger partial charge in [0.05, 0.1) is 18.2 Å². The number of nitrogens with zero attached hydrogens (tertiary/aromatic N) is 1. The Morgan fingerprint density at radius 1 is 1.38 bits per heavy atom. The van der Waals surface area contributed by atoms with E-state index in [-0.39, 0.29) is 10.5 Å². The van der Waals surface area contributed by atoms with Crippen molar-refractivity contribution < 1.29 is 17.5 Å². The Morgan fingerprint density at radius 3 is 2.69 bits per heavy atom. The first-order valence-electron chi connectivity index (χ1n) is 4.50. The molecule has 0 saturated carbocycles. The van der Waals surface area contributed by atoms with Crippen LogP contribution in [-0.2, 0) is 14.8 Å². The molecule has 0 N–H and O–H groups in total. The van der Waals surface area contributed by atoms with Crippen LogP contribution in [0.15, 0.2) is 29.3 Å². The van der Waals surface area contributed by atoms with Crippen LogP contribution in [0.5, 0.6) is 0 Å². The quantitative estimate of drug-likeness (QED) is 0.749.